The van der Waals surface area contributed by atoms with Crippen LogP contribution < -0.4 is 4.74 Å². The van der Waals surface area contributed by atoms with Gasteiger partial charge in [-0.15, -0.1) is 0 Å². The van der Waals surface area contributed by atoms with Crippen LogP contribution in [0.1, 0.15) is 18.1 Å². The third kappa shape index (κ3) is 3.73. The van der Waals surface area contributed by atoms with Crippen molar-refractivity contribution in [3.05, 3.63) is 63.2 Å². The molecule has 0 saturated heterocycles. The summed E-state index contributed by atoms with van der Waals surface area (Å²) < 4.78 is 7.02. The lowest BCUT2D eigenvalue weighted by Gasteiger charge is -2.07. The number of ether oxygens (including phenoxy) is 1. The summed E-state index contributed by atoms with van der Waals surface area (Å²) in [5.41, 5.74) is 2.51. The van der Waals surface area contributed by atoms with Crippen molar-refractivity contribution in [2.45, 2.75) is 20.0 Å². The van der Waals surface area contributed by atoms with Crippen LogP contribution >= 0.6 is 22.6 Å². The quantitative estimate of drug-likeness (QED) is 0.750. The Morgan fingerprint density at radius 1 is 1.00 bits per heavy atom. The molecule has 0 saturated carbocycles. The van der Waals surface area contributed by atoms with E-state index in [1.807, 2.05) is 12.1 Å². The average molecular weight is 338 g/mol. The molecular formula is C15H15IO. The van der Waals surface area contributed by atoms with Crippen LogP contribution in [0, 0.1) is 3.57 Å². The summed E-state index contributed by atoms with van der Waals surface area (Å²) >= 11 is 2.30. The zero-order valence-corrected chi connectivity index (χ0v) is 12.0. The highest BCUT2D eigenvalue weighted by Gasteiger charge is 1.97. The fourth-order valence-electron chi connectivity index (χ4n) is 1.60. The molecule has 0 aliphatic carbocycles. The second-order valence-electron chi connectivity index (χ2n) is 3.92. The predicted molar refractivity (Wildman–Crippen MR) is 79.3 cm³/mol. The molecule has 17 heavy (non-hydrogen) atoms. The van der Waals surface area contributed by atoms with Gasteiger partial charge in [0.1, 0.15) is 12.4 Å². The van der Waals surface area contributed by atoms with E-state index in [1.165, 1.54) is 14.7 Å². The average Bonchev–Trinajstić information content (AvgIpc) is 2.38. The highest BCUT2D eigenvalue weighted by Crippen LogP contribution is 2.16. The van der Waals surface area contributed by atoms with Crippen LogP contribution in [0.15, 0.2) is 48.5 Å². The van der Waals surface area contributed by atoms with Crippen LogP contribution in [0.4, 0.5) is 0 Å². The van der Waals surface area contributed by atoms with Gasteiger partial charge in [0, 0.05) is 3.57 Å². The summed E-state index contributed by atoms with van der Waals surface area (Å²) in [6.45, 7) is 2.78. The van der Waals surface area contributed by atoms with Crippen molar-refractivity contribution in [2.24, 2.45) is 0 Å². The number of hydrogen-bond acceptors (Lipinski definition) is 1. The normalized spacial score (nSPS) is 10.2. The summed E-state index contributed by atoms with van der Waals surface area (Å²) in [5.74, 6) is 0.947. The van der Waals surface area contributed by atoms with Crippen LogP contribution in [-0.2, 0) is 13.0 Å². The Kier molecular flexibility index (Phi) is 4.42. The van der Waals surface area contributed by atoms with Crippen LogP contribution in [0.3, 0.4) is 0 Å². The smallest absolute Gasteiger partial charge is 0.120 e. The highest BCUT2D eigenvalue weighted by molar-refractivity contribution is 14.1. The lowest BCUT2D eigenvalue weighted by Crippen LogP contribution is -1.95. The number of halogens is 1. The van der Waals surface area contributed by atoms with E-state index >= 15 is 0 Å². The first kappa shape index (κ1) is 12.4. The summed E-state index contributed by atoms with van der Waals surface area (Å²) in [6, 6.07) is 16.7. The third-order valence-electron chi connectivity index (χ3n) is 2.63. The van der Waals surface area contributed by atoms with E-state index in [-0.39, 0.29) is 0 Å². The summed E-state index contributed by atoms with van der Waals surface area (Å²) in [7, 11) is 0. The Labute approximate surface area is 116 Å². The van der Waals surface area contributed by atoms with E-state index in [0.717, 1.165) is 12.2 Å². The topological polar surface area (TPSA) is 9.23 Å². The van der Waals surface area contributed by atoms with Gasteiger partial charge in [0.2, 0.25) is 0 Å². The maximum Gasteiger partial charge on any atom is 0.120 e. The number of rotatable bonds is 4. The van der Waals surface area contributed by atoms with Crippen molar-refractivity contribution in [3.63, 3.8) is 0 Å². The maximum atomic E-state index is 5.77. The number of hydrogen-bond donors (Lipinski definition) is 0. The summed E-state index contributed by atoms with van der Waals surface area (Å²) in [5, 5.41) is 0. The van der Waals surface area contributed by atoms with Crippen LogP contribution in [0.2, 0.25) is 0 Å². The van der Waals surface area contributed by atoms with Crippen LogP contribution in [0.25, 0.3) is 0 Å². The fraction of sp³-hybridized carbons (Fsp3) is 0.200. The van der Waals surface area contributed by atoms with Gasteiger partial charge in [0.15, 0.2) is 0 Å². The molecule has 0 N–H and O–H groups in total. The molecule has 0 fully saturated rings. The Balaban J connectivity index is 1.99. The van der Waals surface area contributed by atoms with Crippen molar-refractivity contribution in [3.8, 4) is 5.75 Å². The molecule has 0 aromatic heterocycles. The molecular weight excluding hydrogens is 323 g/mol. The Bertz CT molecular complexity index is 477. The van der Waals surface area contributed by atoms with Gasteiger partial charge in [-0.2, -0.15) is 0 Å². The van der Waals surface area contributed by atoms with Crippen molar-refractivity contribution < 1.29 is 4.74 Å². The minimum Gasteiger partial charge on any atom is -0.489 e. The molecule has 0 aliphatic rings. The molecule has 88 valence electrons. The Morgan fingerprint density at radius 2 is 1.76 bits per heavy atom. The fourth-order valence-corrected chi connectivity index (χ4v) is 1.96. The van der Waals surface area contributed by atoms with Gasteiger partial charge in [-0.25, -0.2) is 0 Å². The minimum absolute atomic E-state index is 0.629. The van der Waals surface area contributed by atoms with E-state index < -0.39 is 0 Å². The van der Waals surface area contributed by atoms with Crippen LogP contribution in [0.5, 0.6) is 5.75 Å². The lowest BCUT2D eigenvalue weighted by atomic mass is 10.2. The monoisotopic (exact) mass is 338 g/mol. The second kappa shape index (κ2) is 6.05. The Morgan fingerprint density at radius 3 is 2.47 bits per heavy atom. The first-order valence-electron chi connectivity index (χ1n) is 5.74. The van der Waals surface area contributed by atoms with E-state index in [2.05, 4.69) is 65.9 Å². The maximum absolute atomic E-state index is 5.77. The molecule has 0 unspecified atom stereocenters. The molecule has 1 nitrogen and oxygen atoms in total. The molecule has 0 bridgehead atoms. The largest absolute Gasteiger partial charge is 0.489 e. The molecule has 0 radical (unpaired) electrons. The predicted octanol–water partition coefficient (Wildman–Crippen LogP) is 4.43. The first-order valence-corrected chi connectivity index (χ1v) is 6.82. The second-order valence-corrected chi connectivity index (χ2v) is 5.16. The molecule has 2 aromatic carbocycles. The minimum atomic E-state index is 0.629. The number of benzene rings is 2. The van der Waals surface area contributed by atoms with E-state index in [4.69, 9.17) is 4.74 Å². The van der Waals surface area contributed by atoms with Crippen molar-refractivity contribution in [1.82, 2.24) is 0 Å². The first-order chi connectivity index (χ1) is 8.28. The lowest BCUT2D eigenvalue weighted by molar-refractivity contribution is 0.306. The van der Waals surface area contributed by atoms with E-state index in [1.54, 1.807) is 0 Å². The molecule has 2 aromatic rings. The molecule has 0 heterocycles. The zero-order valence-electron chi connectivity index (χ0n) is 9.82. The molecule has 0 aliphatic heterocycles. The molecule has 0 amide bonds. The standard InChI is InChI=1S/C15H15IO/c1-2-12-4-3-5-15(10-12)17-11-13-6-8-14(16)9-7-13/h3-10H,2,11H2,1H3. The molecule has 2 heteroatoms. The molecule has 2 rings (SSSR count). The highest BCUT2D eigenvalue weighted by atomic mass is 127. The third-order valence-corrected chi connectivity index (χ3v) is 3.34. The van der Waals surface area contributed by atoms with Crippen molar-refractivity contribution in [2.75, 3.05) is 0 Å². The Hall–Kier alpha value is -1.03. The van der Waals surface area contributed by atoms with Crippen molar-refractivity contribution in [1.29, 1.82) is 0 Å². The van der Waals surface area contributed by atoms with Gasteiger partial charge in [-0.3, -0.25) is 0 Å². The van der Waals surface area contributed by atoms with E-state index in [9.17, 15) is 0 Å². The van der Waals surface area contributed by atoms with Gasteiger partial charge in [-0.1, -0.05) is 31.2 Å². The van der Waals surface area contributed by atoms with Gasteiger partial charge in [0.25, 0.3) is 0 Å². The molecule has 0 spiro atoms. The van der Waals surface area contributed by atoms with Crippen molar-refractivity contribution >= 4 is 22.6 Å². The van der Waals surface area contributed by atoms with Crippen LogP contribution in [-0.4, -0.2) is 0 Å². The van der Waals surface area contributed by atoms with Gasteiger partial charge in [0.05, 0.1) is 0 Å². The number of aryl methyl sites for hydroxylation is 1. The SMILES string of the molecule is CCc1cccc(OCc2ccc(I)cc2)c1. The van der Waals surface area contributed by atoms with E-state index in [0.29, 0.717) is 6.61 Å². The van der Waals surface area contributed by atoms with Gasteiger partial charge < -0.3 is 4.74 Å². The summed E-state index contributed by atoms with van der Waals surface area (Å²) in [6.07, 6.45) is 1.04. The summed E-state index contributed by atoms with van der Waals surface area (Å²) in [4.78, 5) is 0. The zero-order chi connectivity index (χ0) is 12.1. The van der Waals surface area contributed by atoms with Gasteiger partial charge >= 0.3 is 0 Å². The van der Waals surface area contributed by atoms with Gasteiger partial charge in [-0.05, 0) is 64.4 Å². The molecule has 0 atom stereocenters.